The third kappa shape index (κ3) is 15.8. The number of ketones is 1. The largest absolute Gasteiger partial charge is 0.507 e. The molecule has 0 saturated heterocycles. The first-order chi connectivity index (χ1) is 17.6. The normalized spacial score (nSPS) is 12.9. The van der Waals surface area contributed by atoms with Crippen LogP contribution in [0.4, 0.5) is 4.79 Å². The molecule has 208 valence electrons. The number of amides is 1. The van der Waals surface area contributed by atoms with E-state index in [-0.39, 0.29) is 41.2 Å². The maximum atomic E-state index is 11.9. The Morgan fingerprint density at radius 2 is 1.89 bits per heavy atom. The number of rotatable bonds is 15. The molecule has 1 heterocycles. The van der Waals surface area contributed by atoms with Crippen LogP contribution < -0.4 is 5.32 Å². The van der Waals surface area contributed by atoms with E-state index in [1.54, 1.807) is 19.9 Å². The highest BCUT2D eigenvalue weighted by molar-refractivity contribution is 7.10. The highest BCUT2D eigenvalue weighted by Gasteiger charge is 2.16. The molecule has 0 aliphatic heterocycles. The van der Waals surface area contributed by atoms with Crippen LogP contribution in [-0.2, 0) is 25.5 Å². The molecule has 1 atom stereocenters. The van der Waals surface area contributed by atoms with Crippen molar-refractivity contribution in [1.29, 1.82) is 0 Å². The van der Waals surface area contributed by atoms with Gasteiger partial charge in [0.05, 0.1) is 7.11 Å². The topological polar surface area (TPSA) is 102 Å². The molecular weight excluding hydrogens is 490 g/mol. The fourth-order valence-electron chi connectivity index (χ4n) is 3.29. The van der Waals surface area contributed by atoms with Crippen LogP contribution in [0.1, 0.15) is 83.6 Å². The number of allylic oxidation sites excluding steroid dienone is 4. The number of carbonyl (C=O) groups excluding carboxylic acids is 3. The van der Waals surface area contributed by atoms with E-state index in [9.17, 15) is 19.5 Å². The first kappa shape index (κ1) is 34.1. The van der Waals surface area contributed by atoms with Gasteiger partial charge in [0.15, 0.2) is 5.78 Å². The Bertz CT molecular complexity index is 913. The van der Waals surface area contributed by atoms with Gasteiger partial charge in [-0.25, -0.2) is 4.79 Å². The van der Waals surface area contributed by atoms with Crippen molar-refractivity contribution in [2.75, 3.05) is 7.11 Å². The summed E-state index contributed by atoms with van der Waals surface area (Å²) in [5, 5.41) is 14.8. The van der Waals surface area contributed by atoms with Gasteiger partial charge in [-0.05, 0) is 56.5 Å². The smallest absolute Gasteiger partial charge is 0.410 e. The number of unbranched alkanes of at least 4 members (excludes halogenated alkanes) is 3. The average molecular weight is 536 g/mol. The predicted octanol–water partition coefficient (Wildman–Crippen LogP) is 7.57. The maximum absolute atomic E-state index is 11.9. The van der Waals surface area contributed by atoms with Crippen LogP contribution in [0.2, 0.25) is 0 Å². The van der Waals surface area contributed by atoms with Gasteiger partial charge < -0.3 is 14.6 Å². The molecule has 0 aliphatic carbocycles. The second-order valence-electron chi connectivity index (χ2n) is 9.18. The molecule has 0 fully saturated rings. The Kier molecular flexibility index (Phi) is 18.6. The third-order valence-electron chi connectivity index (χ3n) is 5.60. The van der Waals surface area contributed by atoms with Crippen molar-refractivity contribution >= 4 is 29.7 Å². The van der Waals surface area contributed by atoms with Crippen LogP contribution >= 0.6 is 11.3 Å². The zero-order valence-corrected chi connectivity index (χ0v) is 24.3. The molecule has 0 saturated carbocycles. The Morgan fingerprint density at radius 3 is 2.43 bits per heavy atom. The molecule has 0 bridgehead atoms. The Morgan fingerprint density at radius 1 is 1.19 bits per heavy atom. The first-order valence-corrected chi connectivity index (χ1v) is 13.7. The van der Waals surface area contributed by atoms with Crippen molar-refractivity contribution in [2.45, 2.75) is 86.5 Å². The van der Waals surface area contributed by atoms with Gasteiger partial charge in [-0.2, -0.15) is 0 Å². The van der Waals surface area contributed by atoms with Crippen LogP contribution in [0, 0.1) is 18.8 Å². The Hall–Kier alpha value is -2.87. The maximum Gasteiger partial charge on any atom is 0.410 e. The van der Waals surface area contributed by atoms with E-state index in [1.807, 2.05) is 18.3 Å². The van der Waals surface area contributed by atoms with Crippen LogP contribution in [0.15, 0.2) is 46.9 Å². The minimum absolute atomic E-state index is 0.177. The van der Waals surface area contributed by atoms with Gasteiger partial charge in [0.2, 0.25) is 0 Å². The van der Waals surface area contributed by atoms with E-state index >= 15 is 0 Å². The summed E-state index contributed by atoms with van der Waals surface area (Å²) in [6.07, 6.45) is 11.9. The number of hydrogen-bond acceptors (Lipinski definition) is 7. The van der Waals surface area contributed by atoms with E-state index < -0.39 is 6.09 Å². The molecule has 0 aliphatic rings. The van der Waals surface area contributed by atoms with Crippen molar-refractivity contribution in [3.8, 4) is 0 Å². The number of carbonyl (C=O) groups is 3. The quantitative estimate of drug-likeness (QED) is 0.0789. The van der Waals surface area contributed by atoms with Gasteiger partial charge >= 0.3 is 6.09 Å². The zero-order valence-electron chi connectivity index (χ0n) is 23.5. The fraction of sp³-hybridized carbons (Fsp3) is 0.552. The monoisotopic (exact) mass is 535 g/mol. The molecule has 0 radical (unpaired) electrons. The summed E-state index contributed by atoms with van der Waals surface area (Å²) in [5.41, 5.74) is 1.75. The number of aryl methyl sites for hydroxylation is 2. The predicted molar refractivity (Wildman–Crippen MR) is 150 cm³/mol. The summed E-state index contributed by atoms with van der Waals surface area (Å²) in [6, 6.07) is 2.32. The van der Waals surface area contributed by atoms with Gasteiger partial charge in [0.1, 0.15) is 11.5 Å². The minimum atomic E-state index is -0.561. The summed E-state index contributed by atoms with van der Waals surface area (Å²) in [5.74, 6) is -0.556. The molecular formula is C29H45NO6S. The van der Waals surface area contributed by atoms with E-state index in [2.05, 4.69) is 35.3 Å². The second-order valence-corrected chi connectivity index (χ2v) is 10.3. The molecule has 8 heteroatoms. The molecule has 1 rings (SSSR count). The number of hydrogen-bond donors (Lipinski definition) is 2. The average Bonchev–Trinajstić information content (AvgIpc) is 3.29. The van der Waals surface area contributed by atoms with E-state index in [0.717, 1.165) is 0 Å². The molecule has 2 N–H and O–H groups in total. The second kappa shape index (κ2) is 20.2. The lowest BCUT2D eigenvalue weighted by molar-refractivity contribution is -0.125. The lowest BCUT2D eigenvalue weighted by atomic mass is 9.99. The van der Waals surface area contributed by atoms with Gasteiger partial charge in [-0.1, -0.05) is 53.0 Å². The number of aliphatic hydroxyl groups is 1. The number of thiophene rings is 1. The van der Waals surface area contributed by atoms with Gasteiger partial charge in [0, 0.05) is 34.6 Å². The molecule has 7 nitrogen and oxygen atoms in total. The highest BCUT2D eigenvalue weighted by Crippen LogP contribution is 2.21. The summed E-state index contributed by atoms with van der Waals surface area (Å²) >= 11 is 1.87. The third-order valence-corrected chi connectivity index (χ3v) is 6.51. The Labute approximate surface area is 226 Å². The SMILES string of the molecule is CCCCCCc1csc(C)c1.COC(=O)N/C=C/CCC(C)/C(=C/C(O)=C(\C)C(=O)C(C)C)OC=O. The summed E-state index contributed by atoms with van der Waals surface area (Å²) < 4.78 is 9.36. The van der Waals surface area contributed by atoms with E-state index in [0.29, 0.717) is 12.8 Å². The van der Waals surface area contributed by atoms with Crippen molar-refractivity contribution in [3.63, 3.8) is 0 Å². The van der Waals surface area contributed by atoms with Gasteiger partial charge in [-0.3, -0.25) is 14.9 Å². The lowest BCUT2D eigenvalue weighted by Crippen LogP contribution is -2.16. The molecule has 1 unspecified atom stereocenters. The molecule has 1 amide bonds. The minimum Gasteiger partial charge on any atom is -0.507 e. The molecule has 1 aromatic rings. The number of Topliss-reactive ketones (excluding diaryl/α,β-unsaturated/α-hetero) is 1. The van der Waals surface area contributed by atoms with Crippen molar-refractivity contribution < 1.29 is 29.0 Å². The van der Waals surface area contributed by atoms with Crippen LogP contribution in [0.5, 0.6) is 0 Å². The zero-order chi connectivity index (χ0) is 28.2. The first-order valence-electron chi connectivity index (χ1n) is 12.9. The van der Waals surface area contributed by atoms with Crippen LogP contribution in [0.3, 0.4) is 0 Å². The van der Waals surface area contributed by atoms with Crippen molar-refractivity contribution in [1.82, 2.24) is 5.32 Å². The summed E-state index contributed by atoms with van der Waals surface area (Å²) in [6.45, 7) is 11.5. The number of ether oxygens (including phenoxy) is 2. The molecule has 1 aromatic heterocycles. The summed E-state index contributed by atoms with van der Waals surface area (Å²) in [7, 11) is 1.27. The Balaban J connectivity index is 0.000000893. The van der Waals surface area contributed by atoms with Crippen LogP contribution in [0.25, 0.3) is 0 Å². The van der Waals surface area contributed by atoms with Gasteiger partial charge in [-0.15, -0.1) is 11.3 Å². The van der Waals surface area contributed by atoms with E-state index in [1.165, 1.54) is 68.9 Å². The number of aliphatic hydroxyl groups excluding tert-OH is 1. The molecule has 0 spiro atoms. The van der Waals surface area contributed by atoms with Crippen molar-refractivity contribution in [3.05, 3.63) is 57.3 Å². The van der Waals surface area contributed by atoms with Gasteiger partial charge in [0.25, 0.3) is 6.47 Å². The lowest BCUT2D eigenvalue weighted by Gasteiger charge is -2.13. The van der Waals surface area contributed by atoms with Crippen LogP contribution in [-0.4, -0.2) is 30.6 Å². The fourth-order valence-corrected chi connectivity index (χ4v) is 4.04. The molecule has 37 heavy (non-hydrogen) atoms. The highest BCUT2D eigenvalue weighted by atomic mass is 32.1. The van der Waals surface area contributed by atoms with E-state index in [4.69, 9.17) is 4.74 Å². The molecule has 0 aromatic carbocycles. The number of methoxy groups -OCH3 is 1. The number of alkyl carbamates (subject to hydrolysis) is 1. The standard InChI is InChI=1S/C18H27NO6.C11H18S/c1-12(2)17(22)14(4)15(21)10-16(25-11-20)13(3)8-6-7-9-19-18(23)24-5;1-3-4-5-6-7-11-8-10(2)12-9-11/h7,9-13,21H,6,8H2,1-5H3,(H,19,23);8-9H,3-7H2,1-2H3/b9-7+,15-14-,16-10-;. The summed E-state index contributed by atoms with van der Waals surface area (Å²) in [4.78, 5) is 34.9. The number of nitrogens with one attached hydrogen (secondary N) is 1. The van der Waals surface area contributed by atoms with Crippen molar-refractivity contribution in [2.24, 2.45) is 11.8 Å².